The van der Waals surface area contributed by atoms with E-state index in [4.69, 9.17) is 10.2 Å². The largest absolute Gasteiger partial charge is 0.395 e. The summed E-state index contributed by atoms with van der Waals surface area (Å²) < 4.78 is 0. The first kappa shape index (κ1) is 13.7. The molecule has 0 spiro atoms. The molecule has 0 rings (SSSR count). The van der Waals surface area contributed by atoms with Gasteiger partial charge in [-0.15, -0.1) is 0 Å². The average molecular weight is 212 g/mol. The minimum atomic E-state index is -1.74. The lowest BCUT2D eigenvalue weighted by atomic mass is 9.80. The molecule has 0 radical (unpaired) electrons. The van der Waals surface area contributed by atoms with Gasteiger partial charge in [0.25, 0.3) is 0 Å². The molecule has 0 aromatic carbocycles. The van der Waals surface area contributed by atoms with Crippen LogP contribution in [-0.4, -0.2) is 35.0 Å². The molecule has 4 nitrogen and oxygen atoms in total. The monoisotopic (exact) mass is 212 g/mol. The number of carbonyl (C=O) groups excluding carboxylic acids is 2. The van der Waals surface area contributed by atoms with Crippen LogP contribution in [0.15, 0.2) is 24.3 Å². The topological polar surface area (TPSA) is 74.6 Å². The Hall–Kier alpha value is -1.26. The highest BCUT2D eigenvalue weighted by molar-refractivity contribution is 6.15. The standard InChI is InChI=1S/C11H16O4/c1-3-5-9(14)11(7-12,8-13)10(15)6-4-2/h3-6,12-13H,7-8H2,1-2H3. The van der Waals surface area contributed by atoms with Crippen LogP contribution in [0.4, 0.5) is 0 Å². The minimum absolute atomic E-state index is 0.585. The molecule has 0 atom stereocenters. The van der Waals surface area contributed by atoms with Gasteiger partial charge in [-0.2, -0.15) is 0 Å². The Labute approximate surface area is 88.9 Å². The molecule has 0 saturated heterocycles. The van der Waals surface area contributed by atoms with Crippen molar-refractivity contribution in [1.82, 2.24) is 0 Å². The van der Waals surface area contributed by atoms with Gasteiger partial charge in [0.15, 0.2) is 11.6 Å². The van der Waals surface area contributed by atoms with Crippen molar-refractivity contribution in [2.45, 2.75) is 13.8 Å². The van der Waals surface area contributed by atoms with E-state index in [1.54, 1.807) is 13.8 Å². The van der Waals surface area contributed by atoms with Crippen molar-refractivity contribution in [2.24, 2.45) is 5.41 Å². The normalized spacial score (nSPS) is 12.5. The molecule has 0 aromatic heterocycles. The van der Waals surface area contributed by atoms with E-state index in [1.807, 2.05) is 0 Å². The Morgan fingerprint density at radius 3 is 1.53 bits per heavy atom. The third-order valence-corrected chi connectivity index (χ3v) is 2.12. The Balaban J connectivity index is 5.21. The number of hydrogen-bond donors (Lipinski definition) is 2. The smallest absolute Gasteiger partial charge is 0.173 e. The van der Waals surface area contributed by atoms with Crippen LogP contribution in [0.1, 0.15) is 13.8 Å². The number of ketones is 2. The molecule has 0 saturated carbocycles. The zero-order chi connectivity index (χ0) is 11.9. The van der Waals surface area contributed by atoms with E-state index in [-0.39, 0.29) is 0 Å². The van der Waals surface area contributed by atoms with Gasteiger partial charge in [0, 0.05) is 0 Å². The molecule has 0 unspecified atom stereocenters. The molecule has 0 bridgehead atoms. The summed E-state index contributed by atoms with van der Waals surface area (Å²) in [7, 11) is 0. The van der Waals surface area contributed by atoms with E-state index in [9.17, 15) is 9.59 Å². The molecule has 0 heterocycles. The number of rotatable bonds is 6. The number of aliphatic hydroxyl groups excluding tert-OH is 2. The highest BCUT2D eigenvalue weighted by atomic mass is 16.3. The van der Waals surface area contributed by atoms with Crippen LogP contribution in [0.25, 0.3) is 0 Å². The molecule has 0 aliphatic rings. The van der Waals surface area contributed by atoms with E-state index >= 15 is 0 Å². The van der Waals surface area contributed by atoms with E-state index in [0.717, 1.165) is 0 Å². The number of hydrogen-bond acceptors (Lipinski definition) is 4. The lowest BCUT2D eigenvalue weighted by molar-refractivity contribution is -0.140. The maximum Gasteiger partial charge on any atom is 0.173 e. The van der Waals surface area contributed by atoms with Gasteiger partial charge in [-0.25, -0.2) is 0 Å². The summed E-state index contributed by atoms with van der Waals surface area (Å²) in [4.78, 5) is 23.2. The van der Waals surface area contributed by atoms with Crippen LogP contribution >= 0.6 is 0 Å². The molecule has 84 valence electrons. The minimum Gasteiger partial charge on any atom is -0.395 e. The fourth-order valence-corrected chi connectivity index (χ4v) is 1.10. The molecule has 15 heavy (non-hydrogen) atoms. The van der Waals surface area contributed by atoms with Crippen molar-refractivity contribution >= 4 is 11.6 Å². The van der Waals surface area contributed by atoms with Gasteiger partial charge in [-0.3, -0.25) is 9.59 Å². The van der Waals surface area contributed by atoms with Crippen LogP contribution in [0.3, 0.4) is 0 Å². The molecule has 0 amide bonds. The summed E-state index contributed by atoms with van der Waals surface area (Å²) in [5, 5.41) is 18.2. The molecular weight excluding hydrogens is 196 g/mol. The van der Waals surface area contributed by atoms with Gasteiger partial charge in [-0.05, 0) is 26.0 Å². The van der Waals surface area contributed by atoms with Gasteiger partial charge in [0.2, 0.25) is 0 Å². The van der Waals surface area contributed by atoms with Crippen LogP contribution in [-0.2, 0) is 9.59 Å². The lowest BCUT2D eigenvalue weighted by Crippen LogP contribution is -2.44. The summed E-state index contributed by atoms with van der Waals surface area (Å²) in [5.41, 5.74) is -1.74. The summed E-state index contributed by atoms with van der Waals surface area (Å²) in [5.74, 6) is -1.17. The third kappa shape index (κ3) is 2.84. The van der Waals surface area contributed by atoms with Gasteiger partial charge in [-0.1, -0.05) is 12.2 Å². The number of carbonyl (C=O) groups is 2. The predicted octanol–water partition coefficient (Wildman–Crippen LogP) is 0.248. The van der Waals surface area contributed by atoms with E-state index in [1.165, 1.54) is 24.3 Å². The number of allylic oxidation sites excluding steroid dienone is 4. The zero-order valence-corrected chi connectivity index (χ0v) is 8.93. The van der Waals surface area contributed by atoms with Gasteiger partial charge in [0.1, 0.15) is 5.41 Å². The molecule has 0 aromatic rings. The summed E-state index contributed by atoms with van der Waals surface area (Å²) in [6.45, 7) is 1.85. The molecule has 0 aliphatic carbocycles. The second-order valence-electron chi connectivity index (χ2n) is 3.13. The van der Waals surface area contributed by atoms with Crippen LogP contribution in [0, 0.1) is 5.41 Å². The van der Waals surface area contributed by atoms with E-state index in [2.05, 4.69) is 0 Å². The highest BCUT2D eigenvalue weighted by Gasteiger charge is 2.41. The maximum atomic E-state index is 11.6. The van der Waals surface area contributed by atoms with Crippen molar-refractivity contribution in [3.63, 3.8) is 0 Å². The fourth-order valence-electron chi connectivity index (χ4n) is 1.10. The maximum absolute atomic E-state index is 11.6. The number of aliphatic hydroxyl groups is 2. The quantitative estimate of drug-likeness (QED) is 0.489. The molecule has 0 aliphatic heterocycles. The Kier molecular flexibility index (Phi) is 5.74. The summed E-state index contributed by atoms with van der Waals surface area (Å²) in [6.07, 6.45) is 5.28. The first-order valence-corrected chi connectivity index (χ1v) is 4.65. The van der Waals surface area contributed by atoms with Gasteiger partial charge < -0.3 is 10.2 Å². The van der Waals surface area contributed by atoms with E-state index < -0.39 is 30.2 Å². The zero-order valence-electron chi connectivity index (χ0n) is 8.93. The van der Waals surface area contributed by atoms with Crippen molar-refractivity contribution < 1.29 is 19.8 Å². The first-order chi connectivity index (χ1) is 7.08. The van der Waals surface area contributed by atoms with Crippen molar-refractivity contribution in [2.75, 3.05) is 13.2 Å². The van der Waals surface area contributed by atoms with Gasteiger partial charge in [0.05, 0.1) is 13.2 Å². The van der Waals surface area contributed by atoms with Crippen molar-refractivity contribution in [3.8, 4) is 0 Å². The second-order valence-corrected chi connectivity index (χ2v) is 3.13. The predicted molar refractivity (Wildman–Crippen MR) is 56.2 cm³/mol. The lowest BCUT2D eigenvalue weighted by Gasteiger charge is -2.23. The molecule has 2 N–H and O–H groups in total. The van der Waals surface area contributed by atoms with Crippen molar-refractivity contribution in [3.05, 3.63) is 24.3 Å². The fraction of sp³-hybridized carbons (Fsp3) is 0.455. The average Bonchev–Trinajstić information content (AvgIpc) is 2.21. The molecular formula is C11H16O4. The molecule has 0 fully saturated rings. The summed E-state index contributed by atoms with van der Waals surface area (Å²) >= 11 is 0. The molecule has 4 heteroatoms. The summed E-state index contributed by atoms with van der Waals surface area (Å²) in [6, 6.07) is 0. The van der Waals surface area contributed by atoms with Crippen molar-refractivity contribution in [1.29, 1.82) is 0 Å². The second kappa shape index (κ2) is 6.27. The third-order valence-electron chi connectivity index (χ3n) is 2.12. The SMILES string of the molecule is CC=CC(=O)C(CO)(CO)C(=O)C=CC. The first-order valence-electron chi connectivity index (χ1n) is 4.65. The van der Waals surface area contributed by atoms with E-state index in [0.29, 0.717) is 0 Å². The van der Waals surface area contributed by atoms with Crippen LogP contribution in [0.5, 0.6) is 0 Å². The highest BCUT2D eigenvalue weighted by Crippen LogP contribution is 2.20. The Morgan fingerprint density at radius 1 is 1.00 bits per heavy atom. The Morgan fingerprint density at radius 2 is 1.33 bits per heavy atom. The van der Waals surface area contributed by atoms with Gasteiger partial charge >= 0.3 is 0 Å². The van der Waals surface area contributed by atoms with Crippen LogP contribution in [0.2, 0.25) is 0 Å². The Bertz CT molecular complexity index is 259. The van der Waals surface area contributed by atoms with Crippen LogP contribution < -0.4 is 0 Å².